The maximum absolute atomic E-state index is 12.1. The number of phenols is 1. The number of rotatable bonds is 4. The molecule has 0 bridgehead atoms. The van der Waals surface area contributed by atoms with E-state index in [1.807, 2.05) is 0 Å². The van der Waals surface area contributed by atoms with Crippen molar-refractivity contribution in [1.82, 2.24) is 5.32 Å². The van der Waals surface area contributed by atoms with Gasteiger partial charge in [0.1, 0.15) is 11.5 Å². The van der Waals surface area contributed by atoms with Gasteiger partial charge in [-0.2, -0.15) is 0 Å². The minimum absolute atomic E-state index is 0.166. The van der Waals surface area contributed by atoms with Gasteiger partial charge < -0.3 is 15.2 Å². The molecule has 0 aliphatic rings. The molecule has 0 heterocycles. The number of phenolic OH excluding ortho intramolecular Hbond substituents is 1. The first-order chi connectivity index (χ1) is 10.0. The molecule has 0 fully saturated rings. The zero-order chi connectivity index (χ0) is 15.4. The molecule has 2 rings (SSSR count). The minimum atomic E-state index is -0.236. The maximum Gasteiger partial charge on any atom is 0.251 e. The molecule has 1 amide bonds. The Kier molecular flexibility index (Phi) is 4.70. The molecule has 0 aromatic heterocycles. The number of hydrogen-bond donors (Lipinski definition) is 2. The third-order valence-electron chi connectivity index (χ3n) is 3.18. The number of nitrogens with one attached hydrogen (secondary N) is 1. The summed E-state index contributed by atoms with van der Waals surface area (Å²) in [5.74, 6) is 0.559. The number of halogens is 1. The number of methoxy groups -OCH3 is 1. The van der Waals surface area contributed by atoms with Gasteiger partial charge in [0.05, 0.1) is 7.11 Å². The Hall–Kier alpha value is -2.20. The Labute approximate surface area is 128 Å². The molecule has 5 heteroatoms. The van der Waals surface area contributed by atoms with Crippen LogP contribution in [0.15, 0.2) is 36.4 Å². The summed E-state index contributed by atoms with van der Waals surface area (Å²) in [6.45, 7) is 2.00. The number of aryl methyl sites for hydroxylation is 1. The predicted octanol–water partition coefficient (Wildman–Crippen LogP) is 3.29. The van der Waals surface area contributed by atoms with E-state index in [1.165, 1.54) is 6.07 Å². The molecule has 2 aromatic rings. The van der Waals surface area contributed by atoms with Crippen LogP contribution in [0, 0.1) is 6.92 Å². The molecule has 2 N–H and O–H groups in total. The van der Waals surface area contributed by atoms with Crippen molar-refractivity contribution in [2.24, 2.45) is 0 Å². The fraction of sp³-hybridized carbons (Fsp3) is 0.188. The fourth-order valence-electron chi connectivity index (χ4n) is 1.97. The SMILES string of the molecule is COc1cccc(Cl)c1CNC(=O)c1ccc(O)c(C)c1. The van der Waals surface area contributed by atoms with E-state index in [-0.39, 0.29) is 18.2 Å². The first-order valence-electron chi connectivity index (χ1n) is 6.42. The van der Waals surface area contributed by atoms with E-state index in [2.05, 4.69) is 5.32 Å². The topological polar surface area (TPSA) is 58.6 Å². The maximum atomic E-state index is 12.1. The third-order valence-corrected chi connectivity index (χ3v) is 3.53. The van der Waals surface area contributed by atoms with Gasteiger partial charge >= 0.3 is 0 Å². The Morgan fingerprint density at radius 2 is 2.10 bits per heavy atom. The highest BCUT2D eigenvalue weighted by Gasteiger charge is 2.11. The Morgan fingerprint density at radius 1 is 1.33 bits per heavy atom. The average Bonchev–Trinajstić information content (AvgIpc) is 2.48. The average molecular weight is 306 g/mol. The predicted molar refractivity (Wildman–Crippen MR) is 82.0 cm³/mol. The second kappa shape index (κ2) is 6.50. The summed E-state index contributed by atoms with van der Waals surface area (Å²) >= 11 is 6.12. The lowest BCUT2D eigenvalue weighted by atomic mass is 10.1. The smallest absolute Gasteiger partial charge is 0.251 e. The van der Waals surface area contributed by atoms with Crippen LogP contribution in [0.3, 0.4) is 0 Å². The number of aromatic hydroxyl groups is 1. The lowest BCUT2D eigenvalue weighted by Crippen LogP contribution is -2.23. The molecule has 2 aromatic carbocycles. The van der Waals surface area contributed by atoms with E-state index in [0.29, 0.717) is 21.9 Å². The van der Waals surface area contributed by atoms with Crippen molar-refractivity contribution in [3.63, 3.8) is 0 Å². The summed E-state index contributed by atoms with van der Waals surface area (Å²) in [7, 11) is 1.56. The summed E-state index contributed by atoms with van der Waals surface area (Å²) in [4.78, 5) is 12.1. The van der Waals surface area contributed by atoms with Crippen LogP contribution in [-0.2, 0) is 6.54 Å². The quantitative estimate of drug-likeness (QED) is 0.911. The normalized spacial score (nSPS) is 10.2. The van der Waals surface area contributed by atoms with Crippen molar-refractivity contribution in [3.05, 3.63) is 58.1 Å². The van der Waals surface area contributed by atoms with Crippen LogP contribution in [0.2, 0.25) is 5.02 Å². The van der Waals surface area contributed by atoms with Gasteiger partial charge in [-0.25, -0.2) is 0 Å². The standard InChI is InChI=1S/C16H16ClNO3/c1-10-8-11(6-7-14(10)19)16(20)18-9-12-13(17)4-3-5-15(12)21-2/h3-8,19H,9H2,1-2H3,(H,18,20). The number of benzene rings is 2. The monoisotopic (exact) mass is 305 g/mol. The molecule has 0 saturated heterocycles. The van der Waals surface area contributed by atoms with Gasteiger partial charge in [-0.15, -0.1) is 0 Å². The number of carbonyl (C=O) groups excluding carboxylic acids is 1. The highest BCUT2D eigenvalue weighted by molar-refractivity contribution is 6.31. The lowest BCUT2D eigenvalue weighted by molar-refractivity contribution is 0.0950. The van der Waals surface area contributed by atoms with E-state index in [4.69, 9.17) is 16.3 Å². The Bertz CT molecular complexity index is 671. The lowest BCUT2D eigenvalue weighted by Gasteiger charge is -2.11. The van der Waals surface area contributed by atoms with Crippen molar-refractivity contribution in [1.29, 1.82) is 0 Å². The zero-order valence-corrected chi connectivity index (χ0v) is 12.6. The number of ether oxygens (including phenoxy) is 1. The van der Waals surface area contributed by atoms with Gasteiger partial charge in [0.2, 0.25) is 0 Å². The molecule has 4 nitrogen and oxygen atoms in total. The van der Waals surface area contributed by atoms with Gasteiger partial charge in [-0.1, -0.05) is 17.7 Å². The molecule has 21 heavy (non-hydrogen) atoms. The molecule has 110 valence electrons. The fourth-order valence-corrected chi connectivity index (χ4v) is 2.20. The third kappa shape index (κ3) is 3.47. The molecule has 0 aliphatic carbocycles. The molecule has 0 unspecified atom stereocenters. The molecule has 0 aliphatic heterocycles. The second-order valence-electron chi connectivity index (χ2n) is 4.60. The summed E-state index contributed by atoms with van der Waals surface area (Å²) in [5.41, 5.74) is 1.86. The van der Waals surface area contributed by atoms with Crippen LogP contribution >= 0.6 is 11.6 Å². The number of hydrogen-bond acceptors (Lipinski definition) is 3. The highest BCUT2D eigenvalue weighted by atomic mass is 35.5. The van der Waals surface area contributed by atoms with Crippen molar-refractivity contribution < 1.29 is 14.6 Å². The molecule has 0 saturated carbocycles. The van der Waals surface area contributed by atoms with Crippen LogP contribution in [-0.4, -0.2) is 18.1 Å². The van der Waals surface area contributed by atoms with Gasteiger partial charge in [-0.05, 0) is 42.8 Å². The molecule has 0 atom stereocenters. The van der Waals surface area contributed by atoms with E-state index < -0.39 is 0 Å². The van der Waals surface area contributed by atoms with Crippen molar-refractivity contribution in [2.75, 3.05) is 7.11 Å². The van der Waals surface area contributed by atoms with Crippen LogP contribution in [0.1, 0.15) is 21.5 Å². The summed E-state index contributed by atoms with van der Waals surface area (Å²) in [5, 5.41) is 12.8. The Morgan fingerprint density at radius 3 is 2.76 bits per heavy atom. The van der Waals surface area contributed by atoms with Crippen molar-refractivity contribution >= 4 is 17.5 Å². The van der Waals surface area contributed by atoms with E-state index in [0.717, 1.165) is 5.56 Å². The van der Waals surface area contributed by atoms with Gasteiger partial charge in [0.15, 0.2) is 0 Å². The molecule has 0 radical (unpaired) electrons. The van der Waals surface area contributed by atoms with Crippen LogP contribution in [0.5, 0.6) is 11.5 Å². The van der Waals surface area contributed by atoms with Crippen LogP contribution < -0.4 is 10.1 Å². The van der Waals surface area contributed by atoms with E-state index >= 15 is 0 Å². The van der Waals surface area contributed by atoms with E-state index in [9.17, 15) is 9.90 Å². The summed E-state index contributed by atoms with van der Waals surface area (Å²) in [6.07, 6.45) is 0. The van der Waals surface area contributed by atoms with Crippen molar-refractivity contribution in [2.45, 2.75) is 13.5 Å². The number of carbonyl (C=O) groups is 1. The van der Waals surface area contributed by atoms with Gasteiger partial charge in [-0.3, -0.25) is 4.79 Å². The first kappa shape index (κ1) is 15.2. The van der Waals surface area contributed by atoms with Gasteiger partial charge in [0, 0.05) is 22.7 Å². The highest BCUT2D eigenvalue weighted by Crippen LogP contribution is 2.26. The Balaban J connectivity index is 2.13. The summed E-state index contributed by atoms with van der Waals surface area (Å²) < 4.78 is 5.23. The minimum Gasteiger partial charge on any atom is -0.508 e. The molecular formula is C16H16ClNO3. The van der Waals surface area contributed by atoms with E-state index in [1.54, 1.807) is 44.4 Å². The van der Waals surface area contributed by atoms with Crippen LogP contribution in [0.4, 0.5) is 0 Å². The first-order valence-corrected chi connectivity index (χ1v) is 6.80. The number of amides is 1. The molecule has 0 spiro atoms. The summed E-state index contributed by atoms with van der Waals surface area (Å²) in [6, 6.07) is 10.0. The second-order valence-corrected chi connectivity index (χ2v) is 5.01. The van der Waals surface area contributed by atoms with Crippen LogP contribution in [0.25, 0.3) is 0 Å². The van der Waals surface area contributed by atoms with Gasteiger partial charge in [0.25, 0.3) is 5.91 Å². The molecular weight excluding hydrogens is 290 g/mol. The van der Waals surface area contributed by atoms with Crippen molar-refractivity contribution in [3.8, 4) is 11.5 Å². The largest absolute Gasteiger partial charge is 0.508 e. The zero-order valence-electron chi connectivity index (χ0n) is 11.8.